The molecule has 2 rings (SSSR count). The van der Waals surface area contributed by atoms with Crippen molar-refractivity contribution in [3.63, 3.8) is 0 Å². The Morgan fingerprint density at radius 2 is 2.00 bits per heavy atom. The number of anilines is 1. The average Bonchev–Trinajstić information content (AvgIpc) is 3.03. The van der Waals surface area contributed by atoms with E-state index < -0.39 is 14.8 Å². The van der Waals surface area contributed by atoms with Gasteiger partial charge in [0.05, 0.1) is 16.0 Å². The van der Waals surface area contributed by atoms with Crippen molar-refractivity contribution in [1.29, 1.82) is 0 Å². The van der Waals surface area contributed by atoms with Crippen molar-refractivity contribution in [3.8, 4) is 0 Å². The lowest BCUT2D eigenvalue weighted by molar-refractivity contribution is -0.384. The van der Waals surface area contributed by atoms with Crippen LogP contribution >= 0.6 is 11.3 Å². The van der Waals surface area contributed by atoms with Crippen LogP contribution in [0.25, 0.3) is 0 Å². The summed E-state index contributed by atoms with van der Waals surface area (Å²) in [7, 11) is -3.84. The zero-order valence-corrected chi connectivity index (χ0v) is 14.6. The van der Waals surface area contributed by atoms with Gasteiger partial charge in [0.25, 0.3) is 5.69 Å². The molecular formula is C14H15N3O5S2. The maximum Gasteiger partial charge on any atom is 0.269 e. The highest BCUT2D eigenvalue weighted by atomic mass is 32.2. The number of amides is 1. The molecular weight excluding hydrogens is 354 g/mol. The van der Waals surface area contributed by atoms with Crippen molar-refractivity contribution in [1.82, 2.24) is 4.98 Å². The molecule has 24 heavy (non-hydrogen) atoms. The van der Waals surface area contributed by atoms with E-state index in [1.807, 2.05) is 6.92 Å². The van der Waals surface area contributed by atoms with Gasteiger partial charge in [0.1, 0.15) is 4.21 Å². The summed E-state index contributed by atoms with van der Waals surface area (Å²) in [6.45, 7) is 3.63. The number of rotatable bonds is 6. The summed E-state index contributed by atoms with van der Waals surface area (Å²) >= 11 is 0.836. The van der Waals surface area contributed by atoms with Crippen LogP contribution in [-0.4, -0.2) is 24.2 Å². The van der Waals surface area contributed by atoms with Crippen molar-refractivity contribution in [2.75, 3.05) is 5.32 Å². The molecule has 1 heterocycles. The van der Waals surface area contributed by atoms with Gasteiger partial charge in [-0.1, -0.05) is 25.2 Å². The second kappa shape index (κ2) is 7.05. The molecule has 0 bridgehead atoms. The van der Waals surface area contributed by atoms with Crippen LogP contribution in [0.15, 0.2) is 39.6 Å². The van der Waals surface area contributed by atoms with E-state index in [9.17, 15) is 23.3 Å². The zero-order valence-electron chi connectivity index (χ0n) is 12.9. The van der Waals surface area contributed by atoms with E-state index in [1.165, 1.54) is 12.1 Å². The number of aromatic nitrogens is 1. The number of non-ortho nitro benzene ring substituents is 1. The predicted octanol–water partition coefficient (Wildman–Crippen LogP) is 2.87. The number of thiazole rings is 1. The lowest BCUT2D eigenvalue weighted by atomic mass is 10.1. The molecule has 1 aromatic heterocycles. The topological polar surface area (TPSA) is 119 Å². The summed E-state index contributed by atoms with van der Waals surface area (Å²) in [6.07, 6.45) is 1.82. The highest BCUT2D eigenvalue weighted by molar-refractivity contribution is 7.93. The Labute approximate surface area is 142 Å². The fourth-order valence-corrected chi connectivity index (χ4v) is 4.15. The standard InChI is InChI=1S/C14H15N3O5S2/c1-3-9(2)13(18)16-14-15-8-12(23-14)24(21,22)11-6-4-10(5-7-11)17(19)20/h4-9H,3H2,1-2H3,(H,15,16,18)/t9-/m1/s1. The molecule has 0 radical (unpaired) electrons. The first-order valence-corrected chi connectivity index (χ1v) is 9.32. The number of benzene rings is 1. The molecule has 0 aliphatic carbocycles. The van der Waals surface area contributed by atoms with Crippen molar-refractivity contribution in [2.45, 2.75) is 29.4 Å². The minimum Gasteiger partial charge on any atom is -0.302 e. The first-order chi connectivity index (χ1) is 11.3. The number of nitrogens with one attached hydrogen (secondary N) is 1. The summed E-state index contributed by atoms with van der Waals surface area (Å²) < 4.78 is 24.9. The Morgan fingerprint density at radius 3 is 2.54 bits per heavy atom. The van der Waals surface area contributed by atoms with Crippen LogP contribution in [-0.2, 0) is 14.6 Å². The number of carbonyl (C=O) groups excluding carboxylic acids is 1. The van der Waals surface area contributed by atoms with Gasteiger partial charge in [-0.05, 0) is 18.6 Å². The molecule has 1 aromatic carbocycles. The third-order valence-corrected chi connectivity index (χ3v) is 6.54. The van der Waals surface area contributed by atoms with Gasteiger partial charge < -0.3 is 5.32 Å². The number of hydrogen-bond donors (Lipinski definition) is 1. The van der Waals surface area contributed by atoms with Gasteiger partial charge in [-0.25, -0.2) is 13.4 Å². The Kier molecular flexibility index (Phi) is 5.30. The van der Waals surface area contributed by atoms with Crippen LogP contribution in [0.3, 0.4) is 0 Å². The van der Waals surface area contributed by atoms with Gasteiger partial charge in [0, 0.05) is 18.1 Å². The number of nitro benzene ring substituents is 1. The SMILES string of the molecule is CC[C@@H](C)C(=O)Nc1ncc(S(=O)(=O)c2ccc([N+](=O)[O-])cc2)s1. The molecule has 1 N–H and O–H groups in total. The molecule has 10 heteroatoms. The largest absolute Gasteiger partial charge is 0.302 e. The maximum absolute atomic E-state index is 12.5. The molecule has 1 atom stereocenters. The third kappa shape index (κ3) is 3.77. The lowest BCUT2D eigenvalue weighted by Crippen LogP contribution is -2.19. The molecule has 0 aliphatic rings. The van der Waals surface area contributed by atoms with E-state index >= 15 is 0 Å². The van der Waals surface area contributed by atoms with Crippen molar-refractivity contribution < 1.29 is 18.1 Å². The van der Waals surface area contributed by atoms with E-state index in [0.717, 1.165) is 29.7 Å². The summed E-state index contributed by atoms with van der Waals surface area (Å²) in [4.78, 5) is 25.7. The lowest BCUT2D eigenvalue weighted by Gasteiger charge is -2.06. The van der Waals surface area contributed by atoms with Gasteiger partial charge in [-0.3, -0.25) is 14.9 Å². The van der Waals surface area contributed by atoms with E-state index in [-0.39, 0.29) is 31.7 Å². The van der Waals surface area contributed by atoms with Crippen molar-refractivity contribution >= 4 is 37.9 Å². The van der Waals surface area contributed by atoms with E-state index in [4.69, 9.17) is 0 Å². The molecule has 0 unspecified atom stereocenters. The highest BCUT2D eigenvalue weighted by Gasteiger charge is 2.23. The van der Waals surface area contributed by atoms with Crippen LogP contribution in [0.2, 0.25) is 0 Å². The van der Waals surface area contributed by atoms with Crippen LogP contribution in [0.5, 0.6) is 0 Å². The van der Waals surface area contributed by atoms with Gasteiger partial charge >= 0.3 is 0 Å². The summed E-state index contributed by atoms with van der Waals surface area (Å²) in [5.41, 5.74) is -0.195. The second-order valence-electron chi connectivity index (χ2n) is 5.04. The first kappa shape index (κ1) is 18.0. The molecule has 1 amide bonds. The normalized spacial score (nSPS) is 12.6. The molecule has 8 nitrogen and oxygen atoms in total. The van der Waals surface area contributed by atoms with Crippen LogP contribution in [0.4, 0.5) is 10.8 Å². The quantitative estimate of drug-likeness (QED) is 0.617. The van der Waals surface area contributed by atoms with Crippen LogP contribution in [0, 0.1) is 16.0 Å². The highest BCUT2D eigenvalue weighted by Crippen LogP contribution is 2.29. The van der Waals surface area contributed by atoms with Crippen molar-refractivity contribution in [3.05, 3.63) is 40.6 Å². The Morgan fingerprint density at radius 1 is 1.38 bits per heavy atom. The summed E-state index contributed by atoms with van der Waals surface area (Å²) in [5.74, 6) is -0.435. The molecule has 0 spiro atoms. The van der Waals surface area contributed by atoms with E-state index in [1.54, 1.807) is 6.92 Å². The number of hydrogen-bond acceptors (Lipinski definition) is 7. The fourth-order valence-electron chi connectivity index (χ4n) is 1.72. The van der Waals surface area contributed by atoms with E-state index in [2.05, 4.69) is 10.3 Å². The monoisotopic (exact) mass is 369 g/mol. The molecule has 0 saturated carbocycles. The number of nitrogens with zero attached hydrogens (tertiary/aromatic N) is 2. The molecule has 128 valence electrons. The Bertz CT molecular complexity index is 859. The van der Waals surface area contributed by atoms with Gasteiger partial charge in [-0.15, -0.1) is 0 Å². The third-order valence-electron chi connectivity index (χ3n) is 3.40. The zero-order chi connectivity index (χ0) is 17.9. The molecule has 2 aromatic rings. The fraction of sp³-hybridized carbons (Fsp3) is 0.286. The van der Waals surface area contributed by atoms with Gasteiger partial charge in [-0.2, -0.15) is 0 Å². The minimum atomic E-state index is -3.84. The number of sulfone groups is 1. The maximum atomic E-state index is 12.5. The molecule has 0 saturated heterocycles. The number of nitro groups is 1. The Balaban J connectivity index is 2.24. The van der Waals surface area contributed by atoms with Crippen molar-refractivity contribution in [2.24, 2.45) is 5.92 Å². The smallest absolute Gasteiger partial charge is 0.269 e. The summed E-state index contributed by atoms with van der Waals surface area (Å²) in [5, 5.41) is 13.4. The second-order valence-corrected chi connectivity index (χ2v) is 8.24. The predicted molar refractivity (Wildman–Crippen MR) is 88.7 cm³/mol. The van der Waals surface area contributed by atoms with Crippen LogP contribution in [0.1, 0.15) is 20.3 Å². The average molecular weight is 369 g/mol. The van der Waals surface area contributed by atoms with Gasteiger partial charge in [0.15, 0.2) is 5.13 Å². The van der Waals surface area contributed by atoms with E-state index in [0.29, 0.717) is 6.42 Å². The van der Waals surface area contributed by atoms with Gasteiger partial charge in [0.2, 0.25) is 15.7 Å². The van der Waals surface area contributed by atoms with Crippen LogP contribution < -0.4 is 5.32 Å². The summed E-state index contributed by atoms with van der Waals surface area (Å²) in [6, 6.07) is 4.59. The minimum absolute atomic E-state index is 0.0456. The number of carbonyl (C=O) groups is 1. The first-order valence-electron chi connectivity index (χ1n) is 7.02. The Hall–Kier alpha value is -2.33. The molecule has 0 aliphatic heterocycles. The molecule has 0 fully saturated rings.